The molecule has 10 heteroatoms. The molecular weight excluding hydrogens is 396 g/mol. The summed E-state index contributed by atoms with van der Waals surface area (Å²) in [6.07, 6.45) is 0.251. The fourth-order valence-corrected chi connectivity index (χ4v) is 3.17. The molecule has 2 aromatic carbocycles. The number of fused-ring (bicyclic) bond motifs is 1. The van der Waals surface area contributed by atoms with Gasteiger partial charge in [0, 0.05) is 13.5 Å². The van der Waals surface area contributed by atoms with Gasteiger partial charge in [-0.3, -0.25) is 9.59 Å². The topological polar surface area (TPSA) is 100 Å². The first-order chi connectivity index (χ1) is 14.4. The second-order valence-corrected chi connectivity index (χ2v) is 6.75. The van der Waals surface area contributed by atoms with E-state index in [-0.39, 0.29) is 36.1 Å². The minimum atomic E-state index is -1.05. The molecule has 0 aliphatic carbocycles. The monoisotopic (exact) mass is 413 g/mol. The quantitative estimate of drug-likeness (QED) is 0.680. The first-order valence-electron chi connectivity index (χ1n) is 9.08. The number of amides is 2. The Morgan fingerprint density at radius 1 is 1.27 bits per heavy atom. The highest BCUT2D eigenvalue weighted by molar-refractivity contribution is 6.02. The second-order valence-electron chi connectivity index (χ2n) is 6.75. The lowest BCUT2D eigenvalue weighted by atomic mass is 10.1. The van der Waals surface area contributed by atoms with Crippen LogP contribution in [0.3, 0.4) is 0 Å². The molecule has 3 aromatic rings. The zero-order valence-electron chi connectivity index (χ0n) is 15.9. The summed E-state index contributed by atoms with van der Waals surface area (Å²) in [6.45, 7) is -0.171. The second kappa shape index (κ2) is 7.90. The van der Waals surface area contributed by atoms with E-state index in [1.807, 2.05) is 0 Å². The van der Waals surface area contributed by atoms with Gasteiger partial charge in [0.05, 0.1) is 0 Å². The Morgan fingerprint density at radius 2 is 2.07 bits per heavy atom. The number of aromatic amines is 1. The maximum Gasteiger partial charge on any atom is 0.289 e. The van der Waals surface area contributed by atoms with Crippen molar-refractivity contribution in [2.75, 3.05) is 18.6 Å². The van der Waals surface area contributed by atoms with Crippen LogP contribution in [-0.4, -0.2) is 46.7 Å². The summed E-state index contributed by atoms with van der Waals surface area (Å²) < 4.78 is 33.0. The normalized spacial score (nSPS) is 15.9. The van der Waals surface area contributed by atoms with Gasteiger partial charge in [0.1, 0.15) is 35.7 Å². The van der Waals surface area contributed by atoms with E-state index >= 15 is 0 Å². The molecule has 0 radical (unpaired) electrons. The smallest absolute Gasteiger partial charge is 0.289 e. The maximum atomic E-state index is 14.1. The molecular formula is C20H17F2N5O3. The van der Waals surface area contributed by atoms with Crippen molar-refractivity contribution >= 4 is 17.5 Å². The number of aromatic nitrogens is 3. The van der Waals surface area contributed by atoms with Crippen LogP contribution in [0.4, 0.5) is 14.5 Å². The molecule has 0 saturated carbocycles. The van der Waals surface area contributed by atoms with Gasteiger partial charge >= 0.3 is 0 Å². The molecule has 0 fully saturated rings. The fourth-order valence-electron chi connectivity index (χ4n) is 3.17. The van der Waals surface area contributed by atoms with Gasteiger partial charge < -0.3 is 19.9 Å². The number of H-pyrrole nitrogens is 1. The van der Waals surface area contributed by atoms with Gasteiger partial charge in [-0.1, -0.05) is 18.2 Å². The van der Waals surface area contributed by atoms with Crippen LogP contribution in [0, 0.1) is 11.6 Å². The summed E-state index contributed by atoms with van der Waals surface area (Å²) in [6, 6.07) is 9.17. The molecule has 0 spiro atoms. The van der Waals surface area contributed by atoms with E-state index in [4.69, 9.17) is 4.74 Å². The van der Waals surface area contributed by atoms with E-state index < -0.39 is 23.7 Å². The summed E-state index contributed by atoms with van der Waals surface area (Å²) in [5.74, 6) is -1.72. The van der Waals surface area contributed by atoms with E-state index in [1.54, 1.807) is 18.2 Å². The van der Waals surface area contributed by atoms with Crippen molar-refractivity contribution in [2.24, 2.45) is 0 Å². The number of para-hydroxylation sites is 1. The van der Waals surface area contributed by atoms with Crippen LogP contribution < -0.4 is 15.0 Å². The summed E-state index contributed by atoms with van der Waals surface area (Å²) in [5.41, 5.74) is 0.670. The lowest BCUT2D eigenvalue weighted by Gasteiger charge is -2.20. The molecule has 1 aliphatic heterocycles. The van der Waals surface area contributed by atoms with Crippen molar-refractivity contribution in [1.82, 2.24) is 20.5 Å². The number of carbonyl (C=O) groups excluding carboxylic acids is 2. The van der Waals surface area contributed by atoms with Crippen LogP contribution in [0.15, 0.2) is 42.5 Å². The predicted octanol–water partition coefficient (Wildman–Crippen LogP) is 1.83. The highest BCUT2D eigenvalue weighted by Gasteiger charge is 2.33. The van der Waals surface area contributed by atoms with Gasteiger partial charge in [-0.2, -0.15) is 0 Å². The summed E-state index contributed by atoms with van der Waals surface area (Å²) >= 11 is 0. The fraction of sp³-hybridized carbons (Fsp3) is 0.200. The minimum absolute atomic E-state index is 0.0105. The van der Waals surface area contributed by atoms with Crippen molar-refractivity contribution in [3.63, 3.8) is 0 Å². The van der Waals surface area contributed by atoms with Gasteiger partial charge in [0.25, 0.3) is 11.8 Å². The lowest BCUT2D eigenvalue weighted by molar-refractivity contribution is -0.120. The van der Waals surface area contributed by atoms with Crippen LogP contribution in [-0.2, 0) is 11.2 Å². The molecule has 0 unspecified atom stereocenters. The maximum absolute atomic E-state index is 14.1. The third-order valence-electron chi connectivity index (χ3n) is 4.63. The summed E-state index contributed by atoms with van der Waals surface area (Å²) in [4.78, 5) is 29.1. The van der Waals surface area contributed by atoms with E-state index in [9.17, 15) is 18.4 Å². The van der Waals surface area contributed by atoms with Crippen molar-refractivity contribution in [2.45, 2.75) is 12.5 Å². The van der Waals surface area contributed by atoms with Crippen molar-refractivity contribution in [3.05, 3.63) is 71.3 Å². The number of nitrogens with one attached hydrogen (secondary N) is 2. The molecule has 1 aromatic heterocycles. The van der Waals surface area contributed by atoms with E-state index in [0.717, 1.165) is 4.90 Å². The Balaban J connectivity index is 1.46. The van der Waals surface area contributed by atoms with Gasteiger partial charge in [0.2, 0.25) is 5.82 Å². The number of likely N-dealkylation sites (N-methyl/N-ethyl adjacent to an activating group) is 1. The molecule has 30 heavy (non-hydrogen) atoms. The van der Waals surface area contributed by atoms with Crippen LogP contribution in [0.5, 0.6) is 5.75 Å². The molecule has 2 heterocycles. The number of anilines is 1. The van der Waals surface area contributed by atoms with Crippen molar-refractivity contribution in [1.29, 1.82) is 0 Å². The van der Waals surface area contributed by atoms with Gasteiger partial charge in [-0.15, -0.1) is 10.2 Å². The zero-order chi connectivity index (χ0) is 21.3. The molecule has 1 aliphatic rings. The average molecular weight is 413 g/mol. The van der Waals surface area contributed by atoms with Crippen molar-refractivity contribution in [3.8, 4) is 5.75 Å². The molecule has 2 amide bonds. The zero-order valence-corrected chi connectivity index (χ0v) is 15.9. The standard InChI is InChI=1S/C20H17F2N5O3/c1-27-17-13(22)6-3-7-15(17)30-10-14(20(27)29)23-19(28)18-24-16(25-26-18)9-11-4-2-5-12(21)8-11/h2-8,14H,9-10H2,1H3,(H,23,28)(H,24,25,26)/t14-/m0/s1. The van der Waals surface area contributed by atoms with E-state index in [1.165, 1.54) is 31.3 Å². The molecule has 0 bridgehead atoms. The number of rotatable bonds is 4. The highest BCUT2D eigenvalue weighted by atomic mass is 19.1. The predicted molar refractivity (Wildman–Crippen MR) is 102 cm³/mol. The third kappa shape index (κ3) is 3.84. The minimum Gasteiger partial charge on any atom is -0.489 e. The molecule has 154 valence electrons. The molecule has 1 atom stereocenters. The number of hydrogen-bond donors (Lipinski definition) is 2. The molecule has 0 saturated heterocycles. The van der Waals surface area contributed by atoms with Crippen LogP contribution >= 0.6 is 0 Å². The summed E-state index contributed by atoms with van der Waals surface area (Å²) in [5, 5.41) is 10.2. The highest BCUT2D eigenvalue weighted by Crippen LogP contribution is 2.32. The lowest BCUT2D eigenvalue weighted by Crippen LogP contribution is -2.49. The van der Waals surface area contributed by atoms with Crippen LogP contribution in [0.1, 0.15) is 22.0 Å². The summed E-state index contributed by atoms with van der Waals surface area (Å²) in [7, 11) is 1.41. The largest absolute Gasteiger partial charge is 0.489 e. The van der Waals surface area contributed by atoms with Gasteiger partial charge in [-0.05, 0) is 29.8 Å². The molecule has 4 rings (SSSR count). The number of benzene rings is 2. The number of nitrogens with zero attached hydrogens (tertiary/aromatic N) is 3. The first-order valence-corrected chi connectivity index (χ1v) is 9.08. The Bertz CT molecular complexity index is 1120. The average Bonchev–Trinajstić information content (AvgIpc) is 3.14. The molecule has 2 N–H and O–H groups in total. The van der Waals surface area contributed by atoms with Crippen LogP contribution in [0.25, 0.3) is 0 Å². The molecule has 8 nitrogen and oxygen atoms in total. The Hall–Kier alpha value is -3.82. The van der Waals surface area contributed by atoms with Crippen LogP contribution in [0.2, 0.25) is 0 Å². The van der Waals surface area contributed by atoms with Gasteiger partial charge in [0.15, 0.2) is 5.82 Å². The van der Waals surface area contributed by atoms with Crippen molar-refractivity contribution < 1.29 is 23.1 Å². The number of hydrogen-bond acceptors (Lipinski definition) is 5. The third-order valence-corrected chi connectivity index (χ3v) is 4.63. The number of carbonyl (C=O) groups is 2. The Morgan fingerprint density at radius 3 is 2.87 bits per heavy atom. The number of halogens is 2. The van der Waals surface area contributed by atoms with E-state index in [2.05, 4.69) is 20.5 Å². The van der Waals surface area contributed by atoms with Gasteiger partial charge in [-0.25, -0.2) is 8.78 Å². The Labute approximate surface area is 169 Å². The van der Waals surface area contributed by atoms with E-state index in [0.29, 0.717) is 11.4 Å². The first kappa shape index (κ1) is 19.5. The Kier molecular flexibility index (Phi) is 5.13. The number of ether oxygens (including phenoxy) is 1. The SMILES string of the molecule is CN1C(=O)[C@@H](NC(=O)c2nnc(Cc3cccc(F)c3)[nH]2)COc2cccc(F)c21.